The third-order valence-corrected chi connectivity index (χ3v) is 4.10. The number of pyridine rings is 1. The normalized spacial score (nSPS) is 10.8. The molecule has 134 valence electrons. The molecule has 0 N–H and O–H groups in total. The Balaban J connectivity index is 0.000000515. The molecule has 1 rings (SSSR count). The van der Waals surface area contributed by atoms with Crippen LogP contribution in [-0.4, -0.2) is 31.8 Å². The molecule has 0 saturated carbocycles. The predicted molar refractivity (Wildman–Crippen MR) is 93.9 cm³/mol. The number of hydrogen-bond donors (Lipinski definition) is 0. The van der Waals surface area contributed by atoms with Crippen LogP contribution in [0, 0.1) is 0 Å². The van der Waals surface area contributed by atoms with Crippen molar-refractivity contribution in [3.05, 3.63) is 30.6 Å². The molecule has 5 nitrogen and oxygen atoms in total. The van der Waals surface area contributed by atoms with Gasteiger partial charge in [-0.2, -0.15) is 5.01 Å². The summed E-state index contributed by atoms with van der Waals surface area (Å²) in [7, 11) is -3.94. The summed E-state index contributed by atoms with van der Waals surface area (Å²) in [5.74, 6) is -0.219. The van der Waals surface area contributed by atoms with E-state index in [1.807, 2.05) is 6.92 Å². The fraction of sp³-hybridized carbons (Fsp3) is 0.706. The number of hydrogen-bond acceptors (Lipinski definition) is 4. The molecule has 0 radical (unpaired) electrons. The van der Waals surface area contributed by atoms with E-state index in [1.165, 1.54) is 25.7 Å². The van der Waals surface area contributed by atoms with Crippen LogP contribution < -0.4 is 9.69 Å². The lowest BCUT2D eigenvalue weighted by atomic mass is 10.3. The summed E-state index contributed by atoms with van der Waals surface area (Å²) >= 11 is 0. The molecule has 0 bridgehead atoms. The van der Waals surface area contributed by atoms with Crippen molar-refractivity contribution in [2.24, 2.45) is 0 Å². The van der Waals surface area contributed by atoms with Crippen molar-refractivity contribution in [1.82, 2.24) is 0 Å². The summed E-state index contributed by atoms with van der Waals surface area (Å²) in [5.41, 5.74) is 0. The van der Waals surface area contributed by atoms with Crippen LogP contribution in [0.2, 0.25) is 0 Å². The van der Waals surface area contributed by atoms with Crippen molar-refractivity contribution >= 4 is 10.1 Å². The minimum Gasteiger partial charge on any atom is -0.748 e. The zero-order valence-corrected chi connectivity index (χ0v) is 15.6. The summed E-state index contributed by atoms with van der Waals surface area (Å²) in [6, 6.07) is 6.24. The molecule has 0 amide bonds. The van der Waals surface area contributed by atoms with Gasteiger partial charge in [0.1, 0.15) is 0 Å². The molecular formula is C17H32N2O3S. The summed E-state index contributed by atoms with van der Waals surface area (Å²) < 4.78 is 31.7. The predicted octanol–water partition coefficient (Wildman–Crippen LogP) is 2.84. The minimum atomic E-state index is -3.94. The largest absolute Gasteiger partial charge is 0.748 e. The molecule has 0 aliphatic carbocycles. The van der Waals surface area contributed by atoms with E-state index in [0.29, 0.717) is 6.42 Å². The SMILES string of the molecule is CCCCN(CCCC)[n+]1ccccc1.CCCCS(=O)(=O)[O-]. The summed E-state index contributed by atoms with van der Waals surface area (Å²) in [5, 5.41) is 2.42. The molecule has 0 fully saturated rings. The van der Waals surface area contributed by atoms with E-state index in [4.69, 9.17) is 0 Å². The average molecular weight is 345 g/mol. The highest BCUT2D eigenvalue weighted by molar-refractivity contribution is 7.85. The first-order valence-electron chi connectivity index (χ1n) is 8.59. The third kappa shape index (κ3) is 13.0. The molecule has 0 aromatic carbocycles. The molecule has 0 aliphatic heterocycles. The Morgan fingerprint density at radius 3 is 1.70 bits per heavy atom. The number of unbranched alkanes of at least 4 members (excludes halogenated alkanes) is 3. The van der Waals surface area contributed by atoms with Crippen molar-refractivity contribution in [1.29, 1.82) is 0 Å². The van der Waals surface area contributed by atoms with E-state index in [0.717, 1.165) is 19.5 Å². The van der Waals surface area contributed by atoms with Crippen molar-refractivity contribution in [3.63, 3.8) is 0 Å². The quantitative estimate of drug-likeness (QED) is 0.483. The van der Waals surface area contributed by atoms with Gasteiger partial charge >= 0.3 is 0 Å². The lowest BCUT2D eigenvalue weighted by Crippen LogP contribution is -2.58. The van der Waals surface area contributed by atoms with E-state index < -0.39 is 10.1 Å². The maximum atomic E-state index is 9.83. The van der Waals surface area contributed by atoms with E-state index in [1.54, 1.807) is 0 Å². The van der Waals surface area contributed by atoms with Gasteiger partial charge in [0.05, 0.1) is 23.2 Å². The van der Waals surface area contributed by atoms with Crippen LogP contribution in [0.15, 0.2) is 30.6 Å². The molecule has 1 heterocycles. The van der Waals surface area contributed by atoms with Crippen molar-refractivity contribution in [2.75, 3.05) is 23.9 Å². The molecule has 0 unspecified atom stereocenters. The van der Waals surface area contributed by atoms with Crippen LogP contribution in [0.3, 0.4) is 0 Å². The lowest BCUT2D eigenvalue weighted by Gasteiger charge is -2.16. The van der Waals surface area contributed by atoms with Gasteiger partial charge in [-0.05, 0) is 19.3 Å². The Bertz CT molecular complexity index is 470. The minimum absolute atomic E-state index is 0.219. The Labute approximate surface area is 142 Å². The lowest BCUT2D eigenvalue weighted by molar-refractivity contribution is -0.693. The molecule has 0 spiro atoms. The molecule has 0 saturated heterocycles. The zero-order chi connectivity index (χ0) is 17.6. The van der Waals surface area contributed by atoms with E-state index in [9.17, 15) is 13.0 Å². The van der Waals surface area contributed by atoms with Crippen molar-refractivity contribution in [3.8, 4) is 0 Å². The monoisotopic (exact) mass is 344 g/mol. The fourth-order valence-electron chi connectivity index (χ4n) is 1.92. The highest BCUT2D eigenvalue weighted by atomic mass is 32.2. The van der Waals surface area contributed by atoms with Crippen LogP contribution in [0.4, 0.5) is 0 Å². The first kappa shape index (κ1) is 21.9. The van der Waals surface area contributed by atoms with E-state index in [2.05, 4.69) is 54.1 Å². The van der Waals surface area contributed by atoms with Gasteiger partial charge in [0.2, 0.25) is 0 Å². The zero-order valence-electron chi connectivity index (χ0n) is 14.8. The number of aromatic nitrogens is 1. The maximum absolute atomic E-state index is 9.83. The van der Waals surface area contributed by atoms with Crippen molar-refractivity contribution in [2.45, 2.75) is 59.3 Å². The van der Waals surface area contributed by atoms with Gasteiger partial charge < -0.3 is 4.55 Å². The van der Waals surface area contributed by atoms with Gasteiger partial charge in [-0.25, -0.2) is 8.42 Å². The van der Waals surface area contributed by atoms with Gasteiger partial charge in [0, 0.05) is 17.9 Å². The first-order chi connectivity index (χ1) is 10.9. The number of nitrogens with zero attached hydrogens (tertiary/aromatic N) is 2. The molecule has 1 aromatic heterocycles. The van der Waals surface area contributed by atoms with Gasteiger partial charge in [0.25, 0.3) is 0 Å². The summed E-state index contributed by atoms with van der Waals surface area (Å²) in [6.07, 6.45) is 10.5. The standard InChI is InChI=1S/C13H23N2.C4H10O3S/c1-3-5-10-14(11-6-4-2)15-12-8-7-9-13-15;1-2-3-4-8(5,6)7/h7-9,12-13H,3-6,10-11H2,1-2H3;2-4H2,1H3,(H,5,6,7)/q+1;/p-1. The third-order valence-electron chi connectivity index (χ3n) is 3.31. The number of rotatable bonds is 10. The van der Waals surface area contributed by atoms with Gasteiger partial charge in [-0.1, -0.05) is 50.8 Å². The van der Waals surface area contributed by atoms with Gasteiger partial charge in [0.15, 0.2) is 12.4 Å². The van der Waals surface area contributed by atoms with Crippen LogP contribution >= 0.6 is 0 Å². The Morgan fingerprint density at radius 1 is 0.870 bits per heavy atom. The van der Waals surface area contributed by atoms with E-state index in [-0.39, 0.29) is 5.75 Å². The van der Waals surface area contributed by atoms with Crippen LogP contribution in [0.5, 0.6) is 0 Å². The Kier molecular flexibility index (Phi) is 12.7. The summed E-state index contributed by atoms with van der Waals surface area (Å²) in [4.78, 5) is 0. The molecule has 1 aromatic rings. The van der Waals surface area contributed by atoms with Gasteiger partial charge in [-0.3, -0.25) is 0 Å². The van der Waals surface area contributed by atoms with Crippen LogP contribution in [0.1, 0.15) is 59.3 Å². The first-order valence-corrected chi connectivity index (χ1v) is 10.2. The highest BCUT2D eigenvalue weighted by Crippen LogP contribution is 1.94. The second kappa shape index (κ2) is 13.3. The molecule has 0 atom stereocenters. The highest BCUT2D eigenvalue weighted by Gasteiger charge is 2.10. The second-order valence-electron chi connectivity index (χ2n) is 5.53. The molecule has 0 aliphatic rings. The van der Waals surface area contributed by atoms with Crippen molar-refractivity contribution < 1.29 is 17.6 Å². The van der Waals surface area contributed by atoms with Crippen LogP contribution in [0.25, 0.3) is 0 Å². The van der Waals surface area contributed by atoms with E-state index >= 15 is 0 Å². The average Bonchev–Trinajstić information content (AvgIpc) is 2.54. The second-order valence-corrected chi connectivity index (χ2v) is 7.06. The topological polar surface area (TPSA) is 64.3 Å². The Morgan fingerprint density at radius 2 is 1.35 bits per heavy atom. The molecule has 23 heavy (non-hydrogen) atoms. The summed E-state index contributed by atoms with van der Waals surface area (Å²) in [6.45, 7) is 8.64. The van der Waals surface area contributed by atoms with Crippen LogP contribution in [-0.2, 0) is 10.1 Å². The Hall–Kier alpha value is -1.14. The molecule has 6 heteroatoms. The smallest absolute Gasteiger partial charge is 0.199 e. The maximum Gasteiger partial charge on any atom is 0.199 e. The molecular weight excluding hydrogens is 312 g/mol. The van der Waals surface area contributed by atoms with Gasteiger partial charge in [-0.15, -0.1) is 0 Å². The fourth-order valence-corrected chi connectivity index (χ4v) is 2.57.